The quantitative estimate of drug-likeness (QED) is 0.853. The molecule has 2 rings (SSSR count). The van der Waals surface area contributed by atoms with Crippen molar-refractivity contribution >= 4 is 0 Å². The van der Waals surface area contributed by atoms with Crippen molar-refractivity contribution in [2.75, 3.05) is 0 Å². The molecule has 0 unspecified atom stereocenters. The molecule has 0 aliphatic heterocycles. The topological polar surface area (TPSA) is 78.7 Å². The Labute approximate surface area is 118 Å². The lowest BCUT2D eigenvalue weighted by molar-refractivity contribution is 0.0703. The minimum atomic E-state index is -0.608. The van der Waals surface area contributed by atoms with Gasteiger partial charge in [-0.2, -0.15) is 5.26 Å². The smallest absolute Gasteiger partial charge is 0.296 e. The highest BCUT2D eigenvalue weighted by Crippen LogP contribution is 2.49. The van der Waals surface area contributed by atoms with Crippen molar-refractivity contribution in [3.05, 3.63) is 32.6 Å². The van der Waals surface area contributed by atoms with Crippen molar-refractivity contribution < 1.29 is 0 Å². The van der Waals surface area contributed by atoms with E-state index < -0.39 is 11.2 Å². The van der Waals surface area contributed by atoms with Crippen LogP contribution in [0.3, 0.4) is 0 Å². The lowest BCUT2D eigenvalue weighted by Crippen LogP contribution is -2.40. The third kappa shape index (κ3) is 2.84. The van der Waals surface area contributed by atoms with Crippen LogP contribution in [0.1, 0.15) is 58.6 Å². The van der Waals surface area contributed by atoms with Gasteiger partial charge in [0, 0.05) is 12.2 Å². The van der Waals surface area contributed by atoms with Crippen molar-refractivity contribution in [2.45, 2.75) is 53.0 Å². The molecule has 20 heavy (non-hydrogen) atoms. The molecular weight excluding hydrogens is 254 g/mol. The molecule has 0 saturated heterocycles. The van der Waals surface area contributed by atoms with Crippen molar-refractivity contribution in [3.8, 4) is 6.07 Å². The monoisotopic (exact) mass is 275 g/mol. The molecule has 0 bridgehead atoms. The molecule has 1 aromatic heterocycles. The number of nitrogens with one attached hydrogen (secondary N) is 1. The first kappa shape index (κ1) is 14.6. The minimum absolute atomic E-state index is 0.00853. The Morgan fingerprint density at radius 2 is 1.80 bits per heavy atom. The molecule has 5 nitrogen and oxygen atoms in total. The van der Waals surface area contributed by atoms with E-state index in [-0.39, 0.29) is 22.4 Å². The Kier molecular flexibility index (Phi) is 3.37. The first-order valence-electron chi connectivity index (χ1n) is 6.89. The largest absolute Gasteiger partial charge is 0.328 e. The van der Waals surface area contributed by atoms with Crippen LogP contribution < -0.4 is 11.2 Å². The summed E-state index contributed by atoms with van der Waals surface area (Å²) in [5, 5.41) is 8.95. The second kappa shape index (κ2) is 4.62. The lowest BCUT2D eigenvalue weighted by atomic mass is 9.63. The maximum absolute atomic E-state index is 12.0. The van der Waals surface area contributed by atoms with Crippen LogP contribution in [0.5, 0.6) is 0 Å². The van der Waals surface area contributed by atoms with Gasteiger partial charge in [-0.3, -0.25) is 14.3 Å². The fourth-order valence-electron chi connectivity index (χ4n) is 3.82. The molecule has 0 aromatic carbocycles. The van der Waals surface area contributed by atoms with Crippen LogP contribution in [0, 0.1) is 22.2 Å². The predicted octanol–water partition coefficient (Wildman–Crippen LogP) is 2.19. The summed E-state index contributed by atoms with van der Waals surface area (Å²) in [6.45, 7) is 8.79. The van der Waals surface area contributed by atoms with Gasteiger partial charge in [0.25, 0.3) is 5.56 Å². The van der Waals surface area contributed by atoms with Crippen molar-refractivity contribution in [2.24, 2.45) is 10.8 Å². The summed E-state index contributed by atoms with van der Waals surface area (Å²) in [6.07, 6.45) is 4.24. The molecule has 1 N–H and O–H groups in total. The normalized spacial score (nSPS) is 21.4. The van der Waals surface area contributed by atoms with Gasteiger partial charge in [0.2, 0.25) is 0 Å². The SMILES string of the molecule is CC1(C)CC(n2cc(C#N)c(=O)[nH]c2=O)CC(C)(C)C1. The number of hydrogen-bond donors (Lipinski definition) is 1. The van der Waals surface area contributed by atoms with E-state index in [4.69, 9.17) is 5.26 Å². The van der Waals surface area contributed by atoms with Crippen molar-refractivity contribution in [3.63, 3.8) is 0 Å². The van der Waals surface area contributed by atoms with Gasteiger partial charge < -0.3 is 0 Å². The average Bonchev–Trinajstić information content (AvgIpc) is 2.24. The fraction of sp³-hybridized carbons (Fsp3) is 0.667. The fourth-order valence-corrected chi connectivity index (χ4v) is 3.82. The van der Waals surface area contributed by atoms with Gasteiger partial charge in [-0.15, -0.1) is 0 Å². The molecule has 1 saturated carbocycles. The third-order valence-electron chi connectivity index (χ3n) is 4.02. The number of aromatic amines is 1. The molecule has 5 heteroatoms. The molecule has 0 radical (unpaired) electrons. The van der Waals surface area contributed by atoms with Crippen LogP contribution in [0.15, 0.2) is 15.8 Å². The molecule has 1 heterocycles. The predicted molar refractivity (Wildman–Crippen MR) is 76.5 cm³/mol. The Bertz CT molecular complexity index is 658. The summed E-state index contributed by atoms with van der Waals surface area (Å²) in [7, 11) is 0. The maximum Gasteiger partial charge on any atom is 0.328 e. The van der Waals surface area contributed by atoms with Crippen LogP contribution in [-0.2, 0) is 0 Å². The van der Waals surface area contributed by atoms with Crippen LogP contribution >= 0.6 is 0 Å². The van der Waals surface area contributed by atoms with E-state index in [0.717, 1.165) is 19.3 Å². The molecule has 1 fully saturated rings. The van der Waals surface area contributed by atoms with Crippen molar-refractivity contribution in [1.29, 1.82) is 5.26 Å². The Morgan fingerprint density at radius 1 is 1.25 bits per heavy atom. The van der Waals surface area contributed by atoms with E-state index in [1.165, 1.54) is 10.8 Å². The zero-order valence-corrected chi connectivity index (χ0v) is 12.5. The summed E-state index contributed by atoms with van der Waals surface area (Å²) in [6, 6.07) is 1.86. The van der Waals surface area contributed by atoms with Gasteiger partial charge in [-0.05, 0) is 30.1 Å². The van der Waals surface area contributed by atoms with E-state index in [1.807, 2.05) is 6.07 Å². The highest BCUT2D eigenvalue weighted by atomic mass is 16.2. The highest BCUT2D eigenvalue weighted by molar-refractivity contribution is 5.22. The van der Waals surface area contributed by atoms with Crippen LogP contribution in [0.2, 0.25) is 0 Å². The van der Waals surface area contributed by atoms with E-state index >= 15 is 0 Å². The van der Waals surface area contributed by atoms with E-state index in [0.29, 0.717) is 0 Å². The number of nitriles is 1. The second-order valence-electron chi connectivity index (χ2n) is 7.39. The Balaban J connectivity index is 2.49. The zero-order chi connectivity index (χ0) is 15.1. The van der Waals surface area contributed by atoms with E-state index in [1.54, 1.807) is 0 Å². The maximum atomic E-state index is 12.0. The summed E-state index contributed by atoms with van der Waals surface area (Å²) in [4.78, 5) is 25.7. The molecule has 0 atom stereocenters. The molecule has 1 aliphatic carbocycles. The summed E-state index contributed by atoms with van der Waals surface area (Å²) in [5.41, 5.74) is -0.773. The molecular formula is C15H21N3O2. The number of nitrogens with zero attached hydrogens (tertiary/aromatic N) is 2. The van der Waals surface area contributed by atoms with Gasteiger partial charge in [-0.1, -0.05) is 27.7 Å². The van der Waals surface area contributed by atoms with Crippen LogP contribution in [-0.4, -0.2) is 9.55 Å². The van der Waals surface area contributed by atoms with Gasteiger partial charge >= 0.3 is 5.69 Å². The van der Waals surface area contributed by atoms with Crippen molar-refractivity contribution in [1.82, 2.24) is 9.55 Å². The molecule has 0 spiro atoms. The van der Waals surface area contributed by atoms with Crippen LogP contribution in [0.4, 0.5) is 0 Å². The van der Waals surface area contributed by atoms with E-state index in [2.05, 4.69) is 32.7 Å². The first-order valence-corrected chi connectivity index (χ1v) is 6.89. The average molecular weight is 275 g/mol. The van der Waals surface area contributed by atoms with Gasteiger partial charge in [0.15, 0.2) is 0 Å². The standard InChI is InChI=1S/C15H21N3O2/c1-14(2)5-11(6-15(3,4)9-14)18-8-10(7-16)12(19)17-13(18)20/h8,11H,5-6,9H2,1-4H3,(H,17,19,20). The first-order chi connectivity index (χ1) is 9.13. The molecule has 1 aromatic rings. The lowest BCUT2D eigenvalue weighted by Gasteiger charge is -2.45. The molecule has 0 amide bonds. The minimum Gasteiger partial charge on any atom is -0.296 e. The van der Waals surface area contributed by atoms with Gasteiger partial charge in [0.05, 0.1) is 0 Å². The summed E-state index contributed by atoms with van der Waals surface area (Å²) < 4.78 is 1.53. The Hall–Kier alpha value is -1.83. The van der Waals surface area contributed by atoms with Gasteiger partial charge in [0.1, 0.15) is 11.6 Å². The Morgan fingerprint density at radius 3 is 2.30 bits per heavy atom. The second-order valence-corrected chi connectivity index (χ2v) is 7.39. The number of rotatable bonds is 1. The number of H-pyrrole nitrogens is 1. The molecule has 108 valence electrons. The van der Waals surface area contributed by atoms with Crippen LogP contribution in [0.25, 0.3) is 0 Å². The van der Waals surface area contributed by atoms with E-state index in [9.17, 15) is 9.59 Å². The number of aromatic nitrogens is 2. The summed E-state index contributed by atoms with van der Waals surface area (Å²) >= 11 is 0. The summed E-state index contributed by atoms with van der Waals surface area (Å²) in [5.74, 6) is 0. The zero-order valence-electron chi connectivity index (χ0n) is 12.5. The van der Waals surface area contributed by atoms with Gasteiger partial charge in [-0.25, -0.2) is 4.79 Å². The highest BCUT2D eigenvalue weighted by Gasteiger charge is 2.39. The number of hydrogen-bond acceptors (Lipinski definition) is 3. The molecule has 1 aliphatic rings. The third-order valence-corrected chi connectivity index (χ3v) is 4.02.